The Hall–Kier alpha value is -2.96. The van der Waals surface area contributed by atoms with E-state index in [1.165, 1.54) is 24.3 Å². The van der Waals surface area contributed by atoms with Crippen LogP contribution in [0.4, 0.5) is 21.5 Å². The predicted octanol–water partition coefficient (Wildman–Crippen LogP) is 3.80. The van der Waals surface area contributed by atoms with E-state index in [4.69, 9.17) is 0 Å². The molecular formula is C20H20FN3O3. The average molecular weight is 369 g/mol. The molecule has 2 aromatic carbocycles. The van der Waals surface area contributed by atoms with Crippen molar-refractivity contribution < 1.29 is 14.1 Å². The largest absolute Gasteiger partial charge is 0.384 e. The molecule has 0 saturated carbocycles. The zero-order valence-corrected chi connectivity index (χ0v) is 14.8. The summed E-state index contributed by atoms with van der Waals surface area (Å²) in [6.45, 7) is 1.97. The highest BCUT2D eigenvalue weighted by Gasteiger charge is 2.32. The van der Waals surface area contributed by atoms with Crippen molar-refractivity contribution in [1.82, 2.24) is 0 Å². The number of nitro groups is 1. The van der Waals surface area contributed by atoms with E-state index in [9.17, 15) is 19.3 Å². The van der Waals surface area contributed by atoms with Gasteiger partial charge in [-0.05, 0) is 49.6 Å². The fraction of sp³-hybridized carbons (Fsp3) is 0.350. The van der Waals surface area contributed by atoms with Crippen LogP contribution in [-0.2, 0) is 6.42 Å². The van der Waals surface area contributed by atoms with E-state index in [1.807, 2.05) is 4.90 Å². The van der Waals surface area contributed by atoms with E-state index >= 15 is 0 Å². The van der Waals surface area contributed by atoms with Crippen molar-refractivity contribution in [2.45, 2.75) is 19.3 Å². The van der Waals surface area contributed by atoms with Crippen LogP contribution >= 0.6 is 0 Å². The zero-order chi connectivity index (χ0) is 19.0. The number of carbonyl (C=O) groups excluding carboxylic acids is 1. The van der Waals surface area contributed by atoms with Gasteiger partial charge in [0, 0.05) is 48.4 Å². The number of nitro benzene ring substituents is 1. The maximum Gasteiger partial charge on any atom is 0.292 e. The SMILES string of the molecule is O=C(c1ccc(F)cc1)C1CCN(c2c([N+](=O)[O-])ccc3c2CCN3)CC1. The van der Waals surface area contributed by atoms with E-state index in [0.29, 0.717) is 37.2 Å². The fourth-order valence-electron chi connectivity index (χ4n) is 4.08. The first-order chi connectivity index (χ1) is 13.0. The molecule has 0 unspecified atom stereocenters. The molecule has 0 bridgehead atoms. The Morgan fingerprint density at radius 2 is 1.85 bits per heavy atom. The summed E-state index contributed by atoms with van der Waals surface area (Å²) in [5.41, 5.74) is 3.29. The Kier molecular flexibility index (Phi) is 4.51. The third-order valence-corrected chi connectivity index (χ3v) is 5.46. The van der Waals surface area contributed by atoms with Gasteiger partial charge in [-0.2, -0.15) is 0 Å². The molecule has 0 aromatic heterocycles. The van der Waals surface area contributed by atoms with Gasteiger partial charge in [0.2, 0.25) is 0 Å². The highest BCUT2D eigenvalue weighted by atomic mass is 19.1. The van der Waals surface area contributed by atoms with Crippen molar-refractivity contribution in [3.05, 3.63) is 63.5 Å². The van der Waals surface area contributed by atoms with Crippen molar-refractivity contribution >= 4 is 22.8 Å². The molecule has 27 heavy (non-hydrogen) atoms. The maximum atomic E-state index is 13.1. The van der Waals surface area contributed by atoms with Gasteiger partial charge in [-0.25, -0.2) is 4.39 Å². The molecule has 7 heteroatoms. The molecule has 4 rings (SSSR count). The number of carbonyl (C=O) groups is 1. The first kappa shape index (κ1) is 17.5. The predicted molar refractivity (Wildman–Crippen MR) is 101 cm³/mol. The zero-order valence-electron chi connectivity index (χ0n) is 14.8. The quantitative estimate of drug-likeness (QED) is 0.504. The summed E-state index contributed by atoms with van der Waals surface area (Å²) in [5, 5.41) is 14.8. The number of piperidine rings is 1. The summed E-state index contributed by atoms with van der Waals surface area (Å²) in [7, 11) is 0. The van der Waals surface area contributed by atoms with E-state index in [-0.39, 0.29) is 28.1 Å². The first-order valence-corrected chi connectivity index (χ1v) is 9.13. The third-order valence-electron chi connectivity index (χ3n) is 5.46. The maximum absolute atomic E-state index is 13.1. The second-order valence-electron chi connectivity index (χ2n) is 7.03. The summed E-state index contributed by atoms with van der Waals surface area (Å²) in [6.07, 6.45) is 2.02. The minimum Gasteiger partial charge on any atom is -0.384 e. The van der Waals surface area contributed by atoms with Crippen LogP contribution in [0, 0.1) is 21.8 Å². The summed E-state index contributed by atoms with van der Waals surface area (Å²) in [5.74, 6) is -0.481. The van der Waals surface area contributed by atoms with Crippen molar-refractivity contribution in [3.63, 3.8) is 0 Å². The van der Waals surface area contributed by atoms with Crippen LogP contribution in [0.15, 0.2) is 36.4 Å². The second-order valence-corrected chi connectivity index (χ2v) is 7.03. The molecule has 0 radical (unpaired) electrons. The lowest BCUT2D eigenvalue weighted by Gasteiger charge is -2.33. The van der Waals surface area contributed by atoms with Crippen molar-refractivity contribution in [2.24, 2.45) is 5.92 Å². The number of halogens is 1. The molecule has 2 aromatic rings. The molecule has 0 spiro atoms. The minimum absolute atomic E-state index is 0.0177. The molecular weight excluding hydrogens is 349 g/mol. The molecule has 1 N–H and O–H groups in total. The molecule has 6 nitrogen and oxygen atoms in total. The van der Waals surface area contributed by atoms with Crippen LogP contribution in [0.3, 0.4) is 0 Å². The lowest BCUT2D eigenvalue weighted by molar-refractivity contribution is -0.384. The van der Waals surface area contributed by atoms with Gasteiger partial charge in [0.15, 0.2) is 5.78 Å². The molecule has 1 saturated heterocycles. The number of Topliss-reactive ketones (excluding diaryl/α,β-unsaturated/α-hetero) is 1. The third kappa shape index (κ3) is 3.25. The van der Waals surface area contributed by atoms with Crippen LogP contribution in [0.5, 0.6) is 0 Å². The van der Waals surface area contributed by atoms with E-state index in [2.05, 4.69) is 5.32 Å². The van der Waals surface area contributed by atoms with Crippen LogP contribution in [0.1, 0.15) is 28.8 Å². The molecule has 1 fully saturated rings. The lowest BCUT2D eigenvalue weighted by atomic mass is 9.88. The fourth-order valence-corrected chi connectivity index (χ4v) is 4.08. The van der Waals surface area contributed by atoms with E-state index < -0.39 is 0 Å². The van der Waals surface area contributed by atoms with Crippen molar-refractivity contribution in [2.75, 3.05) is 29.9 Å². The number of nitrogens with zero attached hydrogens (tertiary/aromatic N) is 2. The molecule has 140 valence electrons. The summed E-state index contributed by atoms with van der Waals surface area (Å²) < 4.78 is 13.1. The van der Waals surface area contributed by atoms with Gasteiger partial charge in [0.05, 0.1) is 4.92 Å². The van der Waals surface area contributed by atoms with Gasteiger partial charge in [-0.3, -0.25) is 14.9 Å². The van der Waals surface area contributed by atoms with Crippen molar-refractivity contribution in [3.8, 4) is 0 Å². The molecule has 0 amide bonds. The Balaban J connectivity index is 1.53. The van der Waals surface area contributed by atoms with Crippen molar-refractivity contribution in [1.29, 1.82) is 0 Å². The Bertz CT molecular complexity index is 890. The Morgan fingerprint density at radius 3 is 2.52 bits per heavy atom. The second kappa shape index (κ2) is 6.98. The van der Waals surface area contributed by atoms with Crippen LogP contribution in [0.25, 0.3) is 0 Å². The smallest absolute Gasteiger partial charge is 0.292 e. The van der Waals surface area contributed by atoms with Crippen LogP contribution < -0.4 is 10.2 Å². The van der Waals surface area contributed by atoms with Crippen LogP contribution in [0.2, 0.25) is 0 Å². The number of benzene rings is 2. The Morgan fingerprint density at radius 1 is 1.15 bits per heavy atom. The number of ketones is 1. The van der Waals surface area contributed by atoms with E-state index in [0.717, 1.165) is 24.2 Å². The van der Waals surface area contributed by atoms with Gasteiger partial charge in [0.25, 0.3) is 5.69 Å². The summed E-state index contributed by atoms with van der Waals surface area (Å²) in [4.78, 5) is 25.9. The molecule has 0 atom stereocenters. The summed E-state index contributed by atoms with van der Waals surface area (Å²) in [6, 6.07) is 8.96. The number of hydrogen-bond acceptors (Lipinski definition) is 5. The minimum atomic E-state index is -0.361. The number of anilines is 2. The summed E-state index contributed by atoms with van der Waals surface area (Å²) >= 11 is 0. The van der Waals surface area contributed by atoms with Gasteiger partial charge in [0.1, 0.15) is 11.5 Å². The highest BCUT2D eigenvalue weighted by Crippen LogP contribution is 2.41. The number of rotatable bonds is 4. The van der Waals surface area contributed by atoms with Gasteiger partial charge in [-0.15, -0.1) is 0 Å². The average Bonchev–Trinajstić information content (AvgIpc) is 3.16. The number of hydrogen-bond donors (Lipinski definition) is 1. The number of nitrogens with one attached hydrogen (secondary N) is 1. The van der Waals surface area contributed by atoms with E-state index in [1.54, 1.807) is 12.1 Å². The molecule has 2 heterocycles. The van der Waals surface area contributed by atoms with Gasteiger partial charge in [-0.1, -0.05) is 0 Å². The number of fused-ring (bicyclic) bond motifs is 1. The molecule has 0 aliphatic carbocycles. The van der Waals surface area contributed by atoms with Gasteiger partial charge >= 0.3 is 0 Å². The van der Waals surface area contributed by atoms with Gasteiger partial charge < -0.3 is 10.2 Å². The molecule has 2 aliphatic heterocycles. The lowest BCUT2D eigenvalue weighted by Crippen LogP contribution is -2.37. The molecule has 2 aliphatic rings. The van der Waals surface area contributed by atoms with Crippen LogP contribution in [-0.4, -0.2) is 30.3 Å². The topological polar surface area (TPSA) is 75.5 Å². The standard InChI is InChI=1S/C20H20FN3O3/c21-15-3-1-13(2-4-15)20(25)14-8-11-23(12-9-14)19-16-7-10-22-17(16)5-6-18(19)24(26)27/h1-6,14,22H,7-12H2. The highest BCUT2D eigenvalue weighted by molar-refractivity contribution is 5.98. The first-order valence-electron chi connectivity index (χ1n) is 9.13. The normalized spacial score (nSPS) is 16.7. The monoisotopic (exact) mass is 369 g/mol. The Labute approximate surface area is 156 Å².